The fraction of sp³-hybridized carbons (Fsp3) is 0.667. The zero-order valence-corrected chi connectivity index (χ0v) is 8.02. The quantitative estimate of drug-likeness (QED) is 0.487. The molecule has 0 bridgehead atoms. The molecule has 0 atom stereocenters. The third-order valence-electron chi connectivity index (χ3n) is 0.551. The first-order valence-corrected chi connectivity index (χ1v) is 6.15. The molecule has 0 heterocycles. The molecule has 0 aliphatic rings. The first-order valence-electron chi connectivity index (χ1n) is 2.20. The predicted octanol–water partition coefficient (Wildman–Crippen LogP) is 0.272. The van der Waals surface area contributed by atoms with Crippen molar-refractivity contribution in [1.29, 1.82) is 0 Å². The van der Waals surface area contributed by atoms with Gasteiger partial charge in [-0.1, -0.05) is 0 Å². The molecule has 60 valence electrons. The second-order valence-electron chi connectivity index (χ2n) is 1.28. The number of nitrogens with zero attached hydrogens (tertiary/aromatic N) is 1. The summed E-state index contributed by atoms with van der Waals surface area (Å²) in [6.45, 7) is 0. The van der Waals surface area contributed by atoms with Crippen molar-refractivity contribution in [2.45, 2.75) is 0 Å². The number of thioether (sulfide) groups is 2. The molecule has 0 saturated heterocycles. The minimum absolute atomic E-state index is 0.447. The Labute approximate surface area is 68.8 Å². The van der Waals surface area contributed by atoms with Crippen LogP contribution in [0.4, 0.5) is 0 Å². The van der Waals surface area contributed by atoms with E-state index in [2.05, 4.69) is 9.54 Å². The highest BCUT2D eigenvalue weighted by Gasteiger charge is 2.00. The Morgan fingerprint density at radius 1 is 1.40 bits per heavy atom. The average molecular weight is 200 g/mol. The highest BCUT2D eigenvalue weighted by molar-refractivity contribution is 8.38. The Bertz CT molecular complexity index is 214. The summed E-state index contributed by atoms with van der Waals surface area (Å²) in [5, 5.41) is 4.65. The van der Waals surface area contributed by atoms with Crippen LogP contribution in [0.3, 0.4) is 0 Å². The van der Waals surface area contributed by atoms with Crippen LogP contribution < -0.4 is 5.14 Å². The van der Waals surface area contributed by atoms with Gasteiger partial charge in [0.05, 0.1) is 0 Å². The standard InChI is InChI=1S/C3H8N2O2S3/c1-8-3(9-2)5-10(4,6)7/h1-2H3,(H2,4,6,7). The molecule has 0 radical (unpaired) electrons. The van der Waals surface area contributed by atoms with E-state index < -0.39 is 10.2 Å². The van der Waals surface area contributed by atoms with Gasteiger partial charge in [0.25, 0.3) is 0 Å². The van der Waals surface area contributed by atoms with E-state index in [0.717, 1.165) is 0 Å². The molecule has 0 spiro atoms. The molecule has 0 aliphatic heterocycles. The van der Waals surface area contributed by atoms with Crippen LogP contribution in [0.25, 0.3) is 0 Å². The van der Waals surface area contributed by atoms with Crippen molar-refractivity contribution in [3.05, 3.63) is 0 Å². The van der Waals surface area contributed by atoms with Gasteiger partial charge < -0.3 is 0 Å². The summed E-state index contributed by atoms with van der Waals surface area (Å²) in [6.07, 6.45) is 3.47. The van der Waals surface area contributed by atoms with Crippen molar-refractivity contribution in [2.75, 3.05) is 12.5 Å². The molecule has 0 fully saturated rings. The Morgan fingerprint density at radius 2 is 1.80 bits per heavy atom. The van der Waals surface area contributed by atoms with Crippen LogP contribution >= 0.6 is 23.5 Å². The van der Waals surface area contributed by atoms with Gasteiger partial charge in [0.2, 0.25) is 0 Å². The summed E-state index contributed by atoms with van der Waals surface area (Å²) < 4.78 is 24.3. The lowest BCUT2D eigenvalue weighted by atomic mass is 11.7. The molecule has 0 aromatic heterocycles. The predicted molar refractivity (Wildman–Crippen MR) is 47.6 cm³/mol. The molecule has 0 rings (SSSR count). The highest BCUT2D eigenvalue weighted by atomic mass is 32.2. The van der Waals surface area contributed by atoms with Crippen LogP contribution in [0.15, 0.2) is 4.40 Å². The summed E-state index contributed by atoms with van der Waals surface area (Å²) in [5.41, 5.74) is 0. The van der Waals surface area contributed by atoms with E-state index in [4.69, 9.17) is 0 Å². The smallest absolute Gasteiger partial charge is 0.210 e. The SMILES string of the molecule is CSC(=NS(N)(=O)=O)SC. The first kappa shape index (κ1) is 10.3. The second kappa shape index (κ2) is 4.22. The minimum Gasteiger partial charge on any atom is -0.210 e. The van der Waals surface area contributed by atoms with Crippen LogP contribution in [-0.4, -0.2) is 25.3 Å². The number of rotatable bonds is 1. The maximum atomic E-state index is 10.3. The summed E-state index contributed by atoms with van der Waals surface area (Å²) in [6, 6.07) is 0. The van der Waals surface area contributed by atoms with Crippen LogP contribution in [0.5, 0.6) is 0 Å². The van der Waals surface area contributed by atoms with E-state index in [-0.39, 0.29) is 0 Å². The molecule has 0 unspecified atom stereocenters. The fourth-order valence-electron chi connectivity index (χ4n) is 0.262. The molecule has 4 nitrogen and oxygen atoms in total. The van der Waals surface area contributed by atoms with E-state index >= 15 is 0 Å². The van der Waals surface area contributed by atoms with Gasteiger partial charge in [-0.25, -0.2) is 5.14 Å². The van der Waals surface area contributed by atoms with Crippen molar-refractivity contribution in [1.82, 2.24) is 0 Å². The molecule has 2 N–H and O–H groups in total. The van der Waals surface area contributed by atoms with Gasteiger partial charge in [-0.05, 0) is 12.5 Å². The molecular formula is C3H8N2O2S3. The monoisotopic (exact) mass is 200 g/mol. The summed E-state index contributed by atoms with van der Waals surface area (Å²) >= 11 is 2.50. The van der Waals surface area contributed by atoms with Crippen molar-refractivity contribution in [3.63, 3.8) is 0 Å². The fourth-order valence-corrected chi connectivity index (χ4v) is 2.36. The summed E-state index contributed by atoms with van der Waals surface area (Å²) in [5.74, 6) is 0. The Hall–Kier alpha value is 0.280. The molecule has 0 amide bonds. The average Bonchev–Trinajstić information content (AvgIpc) is 1.81. The van der Waals surface area contributed by atoms with Crippen LogP contribution in [-0.2, 0) is 10.2 Å². The summed E-state index contributed by atoms with van der Waals surface area (Å²) in [4.78, 5) is 0. The molecule has 0 aliphatic carbocycles. The van der Waals surface area contributed by atoms with Crippen molar-refractivity contribution in [3.8, 4) is 0 Å². The topological polar surface area (TPSA) is 72.5 Å². The molecule has 7 heteroatoms. The lowest BCUT2D eigenvalue weighted by Gasteiger charge is -1.94. The second-order valence-corrected chi connectivity index (χ2v) is 4.34. The normalized spacial score (nSPS) is 11.1. The highest BCUT2D eigenvalue weighted by Crippen LogP contribution is 2.11. The van der Waals surface area contributed by atoms with E-state index in [1.165, 1.54) is 23.5 Å². The van der Waals surface area contributed by atoms with Crippen LogP contribution in [0, 0.1) is 0 Å². The third-order valence-corrected chi connectivity index (χ3v) is 3.10. The van der Waals surface area contributed by atoms with Crippen LogP contribution in [0.1, 0.15) is 0 Å². The van der Waals surface area contributed by atoms with Crippen LogP contribution in [0.2, 0.25) is 0 Å². The largest absolute Gasteiger partial charge is 0.318 e. The van der Waals surface area contributed by atoms with Gasteiger partial charge >= 0.3 is 10.2 Å². The van der Waals surface area contributed by atoms with Gasteiger partial charge in [-0.15, -0.1) is 27.9 Å². The number of hydrogen-bond donors (Lipinski definition) is 1. The Kier molecular flexibility index (Phi) is 4.34. The zero-order chi connectivity index (χ0) is 8.20. The molecule has 0 aromatic rings. The van der Waals surface area contributed by atoms with E-state index in [1.807, 2.05) is 0 Å². The lowest BCUT2D eigenvalue weighted by molar-refractivity contribution is 0.600. The van der Waals surface area contributed by atoms with Gasteiger partial charge in [0.15, 0.2) is 0 Å². The third kappa shape index (κ3) is 5.10. The maximum Gasteiger partial charge on any atom is 0.318 e. The Balaban J connectivity index is 4.42. The first-order chi connectivity index (χ1) is 4.49. The summed E-state index contributed by atoms with van der Waals surface area (Å²) in [7, 11) is -3.70. The van der Waals surface area contributed by atoms with Crippen molar-refractivity contribution >= 4 is 38.1 Å². The van der Waals surface area contributed by atoms with Gasteiger partial charge in [0.1, 0.15) is 4.38 Å². The molecule has 0 aromatic carbocycles. The van der Waals surface area contributed by atoms with Gasteiger partial charge in [0, 0.05) is 0 Å². The lowest BCUT2D eigenvalue weighted by Crippen LogP contribution is -2.09. The van der Waals surface area contributed by atoms with Gasteiger partial charge in [-0.2, -0.15) is 8.42 Å². The van der Waals surface area contributed by atoms with E-state index in [0.29, 0.717) is 4.38 Å². The minimum atomic E-state index is -3.70. The molecular weight excluding hydrogens is 192 g/mol. The van der Waals surface area contributed by atoms with E-state index in [9.17, 15) is 8.42 Å². The van der Waals surface area contributed by atoms with Crippen molar-refractivity contribution < 1.29 is 8.42 Å². The van der Waals surface area contributed by atoms with Gasteiger partial charge in [-0.3, -0.25) is 0 Å². The van der Waals surface area contributed by atoms with E-state index in [1.54, 1.807) is 12.5 Å². The van der Waals surface area contributed by atoms with Crippen molar-refractivity contribution in [2.24, 2.45) is 9.54 Å². The maximum absolute atomic E-state index is 10.3. The zero-order valence-electron chi connectivity index (χ0n) is 5.57. The Morgan fingerprint density at radius 3 is 1.90 bits per heavy atom. The number of nitrogens with two attached hydrogens (primary N) is 1. The molecule has 0 saturated carbocycles. The number of hydrogen-bond acceptors (Lipinski definition) is 4. The molecule has 10 heavy (non-hydrogen) atoms.